The average Bonchev–Trinajstić information content (AvgIpc) is 2.75. The van der Waals surface area contributed by atoms with Crippen LogP contribution in [0.1, 0.15) is 39.0 Å². The van der Waals surface area contributed by atoms with Crippen LogP contribution in [0, 0.1) is 5.92 Å². The smallest absolute Gasteiger partial charge is 0.211 e. The Bertz CT molecular complexity index is 272. The third-order valence-electron chi connectivity index (χ3n) is 3.08. The molecule has 0 amide bonds. The molecular formula is C11H24N2O2S. The van der Waals surface area contributed by atoms with Crippen molar-refractivity contribution in [3.8, 4) is 0 Å². The fourth-order valence-electron chi connectivity index (χ4n) is 2.10. The maximum absolute atomic E-state index is 11.6. The van der Waals surface area contributed by atoms with Crippen molar-refractivity contribution in [1.82, 2.24) is 10.0 Å². The quantitative estimate of drug-likeness (QED) is 0.632. The minimum absolute atomic E-state index is 0.243. The normalized spacial score (nSPS) is 18.1. The molecule has 1 saturated carbocycles. The molecule has 0 radical (unpaired) electrons. The number of sulfonamides is 1. The summed E-state index contributed by atoms with van der Waals surface area (Å²) in [5.74, 6) is 0.816. The van der Waals surface area contributed by atoms with Gasteiger partial charge < -0.3 is 5.32 Å². The molecule has 4 nitrogen and oxygen atoms in total. The Hall–Kier alpha value is -0.130. The van der Waals surface area contributed by atoms with E-state index in [-0.39, 0.29) is 5.75 Å². The Morgan fingerprint density at radius 2 is 1.94 bits per heavy atom. The van der Waals surface area contributed by atoms with E-state index < -0.39 is 10.0 Å². The lowest BCUT2D eigenvalue weighted by Gasteiger charge is -2.11. The van der Waals surface area contributed by atoms with Gasteiger partial charge in [-0.15, -0.1) is 0 Å². The molecule has 0 heterocycles. The summed E-state index contributed by atoms with van der Waals surface area (Å²) in [6.45, 7) is 4.34. The van der Waals surface area contributed by atoms with Crippen molar-refractivity contribution in [2.75, 3.05) is 25.4 Å². The third kappa shape index (κ3) is 5.82. The van der Waals surface area contributed by atoms with Crippen molar-refractivity contribution in [3.63, 3.8) is 0 Å². The second-order valence-electron chi connectivity index (χ2n) is 4.52. The van der Waals surface area contributed by atoms with Gasteiger partial charge in [-0.05, 0) is 38.3 Å². The van der Waals surface area contributed by atoms with E-state index in [1.807, 2.05) is 6.92 Å². The zero-order valence-corrected chi connectivity index (χ0v) is 11.0. The van der Waals surface area contributed by atoms with Gasteiger partial charge >= 0.3 is 0 Å². The molecule has 1 rings (SSSR count). The van der Waals surface area contributed by atoms with Crippen molar-refractivity contribution in [2.45, 2.75) is 39.0 Å². The lowest BCUT2D eigenvalue weighted by atomic mass is 10.1. The van der Waals surface area contributed by atoms with Crippen LogP contribution in [0.2, 0.25) is 0 Å². The number of rotatable bonds is 8. The predicted molar refractivity (Wildman–Crippen MR) is 66.9 cm³/mol. The molecule has 0 aliphatic heterocycles. The lowest BCUT2D eigenvalue weighted by Crippen LogP contribution is -2.31. The van der Waals surface area contributed by atoms with Gasteiger partial charge in [0.2, 0.25) is 10.0 Å². The molecule has 16 heavy (non-hydrogen) atoms. The van der Waals surface area contributed by atoms with Gasteiger partial charge in [0.05, 0.1) is 5.75 Å². The second-order valence-corrected chi connectivity index (χ2v) is 6.45. The summed E-state index contributed by atoms with van der Waals surface area (Å²) in [4.78, 5) is 0. The molecular weight excluding hydrogens is 224 g/mol. The number of hydrogen-bond acceptors (Lipinski definition) is 3. The van der Waals surface area contributed by atoms with Crippen LogP contribution in [0.5, 0.6) is 0 Å². The topological polar surface area (TPSA) is 58.2 Å². The van der Waals surface area contributed by atoms with Crippen LogP contribution >= 0.6 is 0 Å². The van der Waals surface area contributed by atoms with E-state index in [0.717, 1.165) is 13.1 Å². The molecule has 1 aliphatic carbocycles. The van der Waals surface area contributed by atoms with E-state index in [0.29, 0.717) is 18.9 Å². The molecule has 0 bridgehead atoms. The van der Waals surface area contributed by atoms with Gasteiger partial charge in [-0.3, -0.25) is 0 Å². The summed E-state index contributed by atoms with van der Waals surface area (Å²) in [7, 11) is -3.04. The van der Waals surface area contributed by atoms with Gasteiger partial charge in [-0.25, -0.2) is 13.1 Å². The van der Waals surface area contributed by atoms with Crippen LogP contribution in [0.15, 0.2) is 0 Å². The first-order valence-electron chi connectivity index (χ1n) is 6.32. The first kappa shape index (κ1) is 13.9. The van der Waals surface area contributed by atoms with Crippen molar-refractivity contribution in [3.05, 3.63) is 0 Å². The molecule has 0 aromatic rings. The van der Waals surface area contributed by atoms with Crippen LogP contribution in [0.3, 0.4) is 0 Å². The van der Waals surface area contributed by atoms with Gasteiger partial charge in [0.1, 0.15) is 0 Å². The summed E-state index contributed by atoms with van der Waals surface area (Å²) in [6.07, 6.45) is 5.56. The summed E-state index contributed by atoms with van der Waals surface area (Å²) < 4.78 is 25.9. The largest absolute Gasteiger partial charge is 0.317 e. The molecule has 2 N–H and O–H groups in total. The molecule has 96 valence electrons. The van der Waals surface area contributed by atoms with Crippen LogP contribution in [0.4, 0.5) is 0 Å². The van der Waals surface area contributed by atoms with Crippen LogP contribution in [0.25, 0.3) is 0 Å². The second kappa shape index (κ2) is 7.25. The van der Waals surface area contributed by atoms with Gasteiger partial charge in [0.15, 0.2) is 0 Å². The van der Waals surface area contributed by atoms with Crippen LogP contribution < -0.4 is 10.0 Å². The highest BCUT2D eigenvalue weighted by atomic mass is 32.2. The maximum atomic E-state index is 11.6. The number of nitrogens with one attached hydrogen (secondary N) is 2. The summed E-state index contributed by atoms with van der Waals surface area (Å²) in [5, 5.41) is 3.13. The Balaban J connectivity index is 2.12. The van der Waals surface area contributed by atoms with E-state index >= 15 is 0 Å². The Labute approximate surface area is 99.2 Å². The Morgan fingerprint density at radius 3 is 2.56 bits per heavy atom. The van der Waals surface area contributed by atoms with Crippen LogP contribution in [-0.4, -0.2) is 33.8 Å². The van der Waals surface area contributed by atoms with Crippen molar-refractivity contribution in [1.29, 1.82) is 0 Å². The Morgan fingerprint density at radius 1 is 1.25 bits per heavy atom. The van der Waals surface area contributed by atoms with E-state index in [1.165, 1.54) is 25.7 Å². The van der Waals surface area contributed by atoms with E-state index in [1.54, 1.807) is 0 Å². The van der Waals surface area contributed by atoms with Crippen molar-refractivity contribution in [2.24, 2.45) is 5.92 Å². The first-order valence-corrected chi connectivity index (χ1v) is 7.97. The van der Waals surface area contributed by atoms with Gasteiger partial charge in [0.25, 0.3) is 0 Å². The monoisotopic (exact) mass is 248 g/mol. The zero-order valence-electron chi connectivity index (χ0n) is 10.2. The minimum atomic E-state index is -3.04. The molecule has 0 aromatic heterocycles. The molecule has 0 spiro atoms. The third-order valence-corrected chi connectivity index (χ3v) is 4.52. The zero-order chi connectivity index (χ0) is 11.9. The highest BCUT2D eigenvalue weighted by Crippen LogP contribution is 2.23. The number of hydrogen-bond donors (Lipinski definition) is 2. The highest BCUT2D eigenvalue weighted by molar-refractivity contribution is 7.89. The predicted octanol–water partition coefficient (Wildman–Crippen LogP) is 1.10. The van der Waals surface area contributed by atoms with Gasteiger partial charge in [0, 0.05) is 6.54 Å². The molecule has 0 atom stereocenters. The first-order chi connectivity index (χ1) is 7.64. The molecule has 1 aliphatic rings. The summed E-state index contributed by atoms with van der Waals surface area (Å²) in [5.41, 5.74) is 0. The molecule has 0 aromatic carbocycles. The molecule has 5 heteroatoms. The molecule has 0 saturated heterocycles. The Kier molecular flexibility index (Phi) is 6.31. The summed E-state index contributed by atoms with van der Waals surface area (Å²) >= 11 is 0. The fraction of sp³-hybridized carbons (Fsp3) is 1.00. The van der Waals surface area contributed by atoms with E-state index in [9.17, 15) is 8.42 Å². The van der Waals surface area contributed by atoms with Gasteiger partial charge in [-0.1, -0.05) is 19.8 Å². The fourth-order valence-corrected chi connectivity index (χ4v) is 3.25. The minimum Gasteiger partial charge on any atom is -0.317 e. The van der Waals surface area contributed by atoms with Gasteiger partial charge in [-0.2, -0.15) is 0 Å². The van der Waals surface area contributed by atoms with E-state index in [2.05, 4.69) is 10.0 Å². The van der Waals surface area contributed by atoms with Crippen LogP contribution in [-0.2, 0) is 10.0 Å². The average molecular weight is 248 g/mol. The van der Waals surface area contributed by atoms with Crippen molar-refractivity contribution >= 4 is 10.0 Å². The highest BCUT2D eigenvalue weighted by Gasteiger charge is 2.17. The lowest BCUT2D eigenvalue weighted by molar-refractivity contribution is 0.518. The SMILES string of the molecule is CCNCCCS(=O)(=O)NCC1CCCC1. The molecule has 1 fully saturated rings. The maximum Gasteiger partial charge on any atom is 0.211 e. The summed E-state index contributed by atoms with van der Waals surface area (Å²) in [6, 6.07) is 0. The standard InChI is InChI=1S/C11H24N2O2S/c1-2-12-8-5-9-16(14,15)13-10-11-6-3-4-7-11/h11-13H,2-10H2,1H3. The van der Waals surface area contributed by atoms with E-state index in [4.69, 9.17) is 0 Å². The van der Waals surface area contributed by atoms with Crippen molar-refractivity contribution < 1.29 is 8.42 Å². The molecule has 0 unspecified atom stereocenters.